The number of benzene rings is 2. The van der Waals surface area contributed by atoms with Crippen LogP contribution in [0.4, 0.5) is 0 Å². The molecule has 2 aromatic rings. The van der Waals surface area contributed by atoms with Crippen molar-refractivity contribution in [2.24, 2.45) is 0 Å². The third-order valence-corrected chi connectivity index (χ3v) is 4.40. The van der Waals surface area contributed by atoms with E-state index in [-0.39, 0.29) is 0 Å². The van der Waals surface area contributed by atoms with Crippen LogP contribution in [0.5, 0.6) is 0 Å². The lowest BCUT2D eigenvalue weighted by Gasteiger charge is -2.08. The van der Waals surface area contributed by atoms with Crippen LogP contribution < -0.4 is 0 Å². The minimum Gasteiger partial charge on any atom is -0.478 e. The molecule has 0 saturated heterocycles. The number of carboxylic acid groups (broad SMARTS) is 1. The molecule has 108 valence electrons. The predicted molar refractivity (Wildman–Crippen MR) is 88.6 cm³/mol. The van der Waals surface area contributed by atoms with Crippen molar-refractivity contribution in [3.63, 3.8) is 0 Å². The van der Waals surface area contributed by atoms with E-state index in [2.05, 4.69) is 32.0 Å². The predicted octanol–water partition coefficient (Wildman–Crippen LogP) is 4.69. The van der Waals surface area contributed by atoms with Crippen molar-refractivity contribution >= 4 is 23.8 Å². The van der Waals surface area contributed by atoms with E-state index in [1.807, 2.05) is 24.3 Å². The highest BCUT2D eigenvalue weighted by molar-refractivity contribution is 7.98. The normalized spacial score (nSPS) is 11.0. The van der Waals surface area contributed by atoms with Gasteiger partial charge < -0.3 is 5.11 Å². The highest BCUT2D eigenvalue weighted by Crippen LogP contribution is 2.28. The first-order chi connectivity index (χ1) is 10.1. The maximum atomic E-state index is 10.6. The van der Waals surface area contributed by atoms with Gasteiger partial charge in [0, 0.05) is 16.7 Å². The summed E-state index contributed by atoms with van der Waals surface area (Å²) in [7, 11) is 0. The maximum Gasteiger partial charge on any atom is 0.328 e. The fourth-order valence-corrected chi connectivity index (χ4v) is 3.13. The van der Waals surface area contributed by atoms with Crippen molar-refractivity contribution in [3.8, 4) is 0 Å². The quantitative estimate of drug-likeness (QED) is 0.642. The molecule has 0 fully saturated rings. The lowest BCUT2D eigenvalue weighted by Crippen LogP contribution is -1.90. The molecule has 0 aliphatic rings. The van der Waals surface area contributed by atoms with E-state index in [0.717, 1.165) is 16.9 Å². The summed E-state index contributed by atoms with van der Waals surface area (Å²) >= 11 is 1.78. The lowest BCUT2D eigenvalue weighted by molar-refractivity contribution is -0.131. The SMILES string of the molecule is Cc1ccc(SCc2ccccc2C=CC(=O)O)c(C)c1. The minimum atomic E-state index is -0.924. The van der Waals surface area contributed by atoms with Crippen molar-refractivity contribution in [1.29, 1.82) is 0 Å². The molecule has 0 aliphatic heterocycles. The first kappa shape index (κ1) is 15.4. The summed E-state index contributed by atoms with van der Waals surface area (Å²) in [6, 6.07) is 14.3. The van der Waals surface area contributed by atoms with Gasteiger partial charge in [0.1, 0.15) is 0 Å². The molecular formula is C18H18O2S. The molecule has 0 atom stereocenters. The summed E-state index contributed by atoms with van der Waals surface area (Å²) in [5.74, 6) is -0.101. The van der Waals surface area contributed by atoms with Crippen molar-refractivity contribution in [2.45, 2.75) is 24.5 Å². The Hall–Kier alpha value is -2.00. The highest BCUT2D eigenvalue weighted by atomic mass is 32.2. The first-order valence-electron chi connectivity index (χ1n) is 6.75. The Morgan fingerprint density at radius 1 is 1.19 bits per heavy atom. The van der Waals surface area contributed by atoms with E-state index in [0.29, 0.717) is 0 Å². The number of aryl methyl sites for hydroxylation is 2. The Morgan fingerprint density at radius 2 is 1.95 bits per heavy atom. The zero-order valence-corrected chi connectivity index (χ0v) is 13.0. The van der Waals surface area contributed by atoms with Crippen LogP contribution in [0.2, 0.25) is 0 Å². The number of hydrogen-bond acceptors (Lipinski definition) is 2. The average molecular weight is 298 g/mol. The largest absolute Gasteiger partial charge is 0.478 e. The molecule has 0 bridgehead atoms. The van der Waals surface area contributed by atoms with Gasteiger partial charge in [-0.15, -0.1) is 11.8 Å². The molecular weight excluding hydrogens is 280 g/mol. The molecule has 0 heterocycles. The summed E-state index contributed by atoms with van der Waals surface area (Å²) in [5.41, 5.74) is 4.64. The van der Waals surface area contributed by atoms with Gasteiger partial charge >= 0.3 is 5.97 Å². The second kappa shape index (κ2) is 7.14. The molecule has 2 rings (SSSR count). The van der Waals surface area contributed by atoms with Gasteiger partial charge in [-0.3, -0.25) is 0 Å². The molecule has 0 unspecified atom stereocenters. The van der Waals surface area contributed by atoms with Gasteiger partial charge in [0.15, 0.2) is 0 Å². The van der Waals surface area contributed by atoms with Gasteiger partial charge in [0.2, 0.25) is 0 Å². The van der Waals surface area contributed by atoms with Gasteiger partial charge in [0.25, 0.3) is 0 Å². The molecule has 0 aromatic heterocycles. The first-order valence-corrected chi connectivity index (χ1v) is 7.74. The van der Waals surface area contributed by atoms with Crippen LogP contribution in [0.15, 0.2) is 53.4 Å². The number of thioether (sulfide) groups is 1. The van der Waals surface area contributed by atoms with Gasteiger partial charge in [-0.2, -0.15) is 0 Å². The van der Waals surface area contributed by atoms with E-state index < -0.39 is 5.97 Å². The van der Waals surface area contributed by atoms with Crippen LogP contribution in [-0.2, 0) is 10.5 Å². The monoisotopic (exact) mass is 298 g/mol. The summed E-state index contributed by atoms with van der Waals surface area (Å²) < 4.78 is 0. The van der Waals surface area contributed by atoms with Crippen LogP contribution >= 0.6 is 11.8 Å². The number of carbonyl (C=O) groups is 1. The number of carboxylic acids is 1. The van der Waals surface area contributed by atoms with E-state index >= 15 is 0 Å². The Bertz CT molecular complexity index is 675. The van der Waals surface area contributed by atoms with Crippen LogP contribution in [0.25, 0.3) is 6.08 Å². The second-order valence-electron chi connectivity index (χ2n) is 4.93. The van der Waals surface area contributed by atoms with Crippen LogP contribution in [-0.4, -0.2) is 11.1 Å². The van der Waals surface area contributed by atoms with Gasteiger partial charge in [-0.05, 0) is 42.7 Å². The third-order valence-electron chi connectivity index (χ3n) is 3.17. The number of aliphatic carboxylic acids is 1. The van der Waals surface area contributed by atoms with Crippen molar-refractivity contribution in [2.75, 3.05) is 0 Å². The Kier molecular flexibility index (Phi) is 5.23. The zero-order chi connectivity index (χ0) is 15.2. The Labute approximate surface area is 129 Å². The topological polar surface area (TPSA) is 37.3 Å². The molecule has 2 aromatic carbocycles. The van der Waals surface area contributed by atoms with Crippen LogP contribution in [0.1, 0.15) is 22.3 Å². The molecule has 21 heavy (non-hydrogen) atoms. The average Bonchev–Trinajstić information content (AvgIpc) is 2.45. The molecule has 2 nitrogen and oxygen atoms in total. The zero-order valence-electron chi connectivity index (χ0n) is 12.2. The third kappa shape index (κ3) is 4.50. The summed E-state index contributed by atoms with van der Waals surface area (Å²) in [5, 5.41) is 8.74. The van der Waals surface area contributed by atoms with E-state index in [9.17, 15) is 4.79 Å². The van der Waals surface area contributed by atoms with E-state index in [1.54, 1.807) is 17.8 Å². The maximum absolute atomic E-state index is 10.6. The van der Waals surface area contributed by atoms with Crippen LogP contribution in [0, 0.1) is 13.8 Å². The van der Waals surface area contributed by atoms with Crippen LogP contribution in [0.3, 0.4) is 0 Å². The summed E-state index contributed by atoms with van der Waals surface area (Å²) in [6.45, 7) is 4.21. The lowest BCUT2D eigenvalue weighted by atomic mass is 10.1. The fraction of sp³-hybridized carbons (Fsp3) is 0.167. The molecule has 1 N–H and O–H groups in total. The van der Waals surface area contributed by atoms with Gasteiger partial charge in [-0.25, -0.2) is 4.79 Å². The van der Waals surface area contributed by atoms with Crippen molar-refractivity contribution < 1.29 is 9.90 Å². The summed E-state index contributed by atoms with van der Waals surface area (Å²) in [4.78, 5) is 11.9. The summed E-state index contributed by atoms with van der Waals surface area (Å²) in [6.07, 6.45) is 2.83. The van der Waals surface area contributed by atoms with Crippen molar-refractivity contribution in [1.82, 2.24) is 0 Å². The smallest absolute Gasteiger partial charge is 0.328 e. The van der Waals surface area contributed by atoms with E-state index in [4.69, 9.17) is 5.11 Å². The number of rotatable bonds is 5. The molecule has 0 saturated carbocycles. The molecule has 0 aliphatic carbocycles. The molecule has 0 amide bonds. The highest BCUT2D eigenvalue weighted by Gasteiger charge is 2.03. The van der Waals surface area contributed by atoms with Gasteiger partial charge in [-0.1, -0.05) is 42.0 Å². The number of hydrogen-bond donors (Lipinski definition) is 1. The van der Waals surface area contributed by atoms with Gasteiger partial charge in [0.05, 0.1) is 0 Å². The fourth-order valence-electron chi connectivity index (χ4n) is 2.11. The van der Waals surface area contributed by atoms with Crippen molar-refractivity contribution in [3.05, 3.63) is 70.8 Å². The minimum absolute atomic E-state index is 0.823. The Balaban J connectivity index is 2.14. The molecule has 0 radical (unpaired) electrons. The standard InChI is InChI=1S/C18H18O2S/c1-13-7-9-17(14(2)11-13)21-12-16-6-4-3-5-15(16)8-10-18(19)20/h3-11H,12H2,1-2H3,(H,19,20). The Morgan fingerprint density at radius 3 is 2.67 bits per heavy atom. The molecule has 3 heteroatoms. The second-order valence-corrected chi connectivity index (χ2v) is 5.95. The van der Waals surface area contributed by atoms with E-state index in [1.165, 1.54) is 22.1 Å². The molecule has 0 spiro atoms.